The molecule has 2 amide bonds. The maximum absolute atomic E-state index is 13.1. The number of benzene rings is 2. The summed E-state index contributed by atoms with van der Waals surface area (Å²) in [5, 5.41) is 3.04. The first-order valence-electron chi connectivity index (χ1n) is 8.83. The number of nitrogens with zero attached hydrogens (tertiary/aromatic N) is 2. The van der Waals surface area contributed by atoms with Gasteiger partial charge in [-0.05, 0) is 55.8 Å². The fourth-order valence-corrected chi connectivity index (χ4v) is 4.46. The molecule has 0 bridgehead atoms. The second-order valence-electron chi connectivity index (χ2n) is 7.10. The molecule has 3 unspecified atom stereocenters. The van der Waals surface area contributed by atoms with E-state index in [2.05, 4.69) is 0 Å². The van der Waals surface area contributed by atoms with Crippen LogP contribution in [-0.4, -0.2) is 28.9 Å². The zero-order valence-corrected chi connectivity index (χ0v) is 17.4. The normalized spacial score (nSPS) is 24.4. The molecule has 2 saturated heterocycles. The van der Waals surface area contributed by atoms with E-state index in [1.807, 2.05) is 0 Å². The quantitative estimate of drug-likeness (QED) is 0.638. The van der Waals surface area contributed by atoms with Crippen molar-refractivity contribution in [2.45, 2.75) is 32.0 Å². The number of hydrogen-bond acceptors (Lipinski definition) is 4. The van der Waals surface area contributed by atoms with E-state index in [1.54, 1.807) is 61.4 Å². The van der Waals surface area contributed by atoms with Gasteiger partial charge in [-0.25, -0.2) is 5.06 Å². The van der Waals surface area contributed by atoms with E-state index < -0.39 is 18.1 Å². The smallest absolute Gasteiger partial charge is 0.262 e. The predicted octanol–water partition coefficient (Wildman–Crippen LogP) is 4.90. The first-order valence-corrected chi connectivity index (χ1v) is 9.96. The van der Waals surface area contributed by atoms with Crippen molar-refractivity contribution in [1.82, 2.24) is 4.90 Å². The summed E-state index contributed by atoms with van der Waals surface area (Å²) in [5.41, 5.74) is 1.34. The molecule has 2 aliphatic heterocycles. The highest BCUT2D eigenvalue weighted by molar-refractivity contribution is 6.35. The third kappa shape index (κ3) is 3.07. The summed E-state index contributed by atoms with van der Waals surface area (Å²) in [6, 6.07) is 11.3. The van der Waals surface area contributed by atoms with Crippen molar-refractivity contribution in [2.24, 2.45) is 5.92 Å². The molecule has 2 aliphatic rings. The Hall–Kier alpha value is -1.79. The van der Waals surface area contributed by atoms with Crippen LogP contribution in [0.2, 0.25) is 15.1 Å². The molecule has 146 valence electrons. The van der Waals surface area contributed by atoms with Crippen molar-refractivity contribution < 1.29 is 14.4 Å². The van der Waals surface area contributed by atoms with Crippen molar-refractivity contribution in [3.8, 4) is 0 Å². The second-order valence-corrected chi connectivity index (χ2v) is 8.38. The van der Waals surface area contributed by atoms with E-state index in [1.165, 1.54) is 4.90 Å². The Morgan fingerprint density at radius 1 is 0.929 bits per heavy atom. The van der Waals surface area contributed by atoms with E-state index in [9.17, 15) is 9.59 Å². The lowest BCUT2D eigenvalue weighted by atomic mass is 9.90. The van der Waals surface area contributed by atoms with Gasteiger partial charge in [-0.2, -0.15) is 0 Å². The van der Waals surface area contributed by atoms with Crippen LogP contribution in [0.4, 0.5) is 5.69 Å². The van der Waals surface area contributed by atoms with E-state index in [4.69, 9.17) is 39.6 Å². The summed E-state index contributed by atoms with van der Waals surface area (Å²) in [7, 11) is 0. The van der Waals surface area contributed by atoms with E-state index >= 15 is 0 Å². The molecule has 2 heterocycles. The fraction of sp³-hybridized carbons (Fsp3) is 0.300. The van der Waals surface area contributed by atoms with Gasteiger partial charge in [0.1, 0.15) is 5.92 Å². The van der Waals surface area contributed by atoms with Gasteiger partial charge >= 0.3 is 0 Å². The molecule has 2 aromatic carbocycles. The minimum atomic E-state index is -0.901. The summed E-state index contributed by atoms with van der Waals surface area (Å²) < 4.78 is 0. The van der Waals surface area contributed by atoms with Crippen molar-refractivity contribution in [2.75, 3.05) is 5.06 Å². The minimum Gasteiger partial charge on any atom is -0.277 e. The molecule has 0 N–H and O–H groups in total. The Bertz CT molecular complexity index is 948. The molecular weight excluding hydrogens is 423 g/mol. The number of likely N-dealkylation sites (tertiary alicyclic amines) is 1. The second kappa shape index (κ2) is 7.23. The highest BCUT2D eigenvalue weighted by Gasteiger charge is 2.60. The molecule has 0 aromatic heterocycles. The van der Waals surface area contributed by atoms with Crippen LogP contribution in [-0.2, 0) is 14.4 Å². The predicted molar refractivity (Wildman–Crippen MR) is 108 cm³/mol. The number of carbonyl (C=O) groups excluding carboxylic acids is 2. The average Bonchev–Trinajstić information content (AvgIpc) is 3.12. The molecular formula is C20H17Cl3N2O3. The van der Waals surface area contributed by atoms with Crippen LogP contribution in [0.3, 0.4) is 0 Å². The summed E-state index contributed by atoms with van der Waals surface area (Å²) >= 11 is 18.5. The number of hydroxylamine groups is 1. The zero-order valence-electron chi connectivity index (χ0n) is 15.1. The van der Waals surface area contributed by atoms with Crippen LogP contribution in [0.25, 0.3) is 0 Å². The molecule has 4 rings (SSSR count). The highest BCUT2D eigenvalue weighted by atomic mass is 35.5. The Kier molecular flexibility index (Phi) is 5.04. The summed E-state index contributed by atoms with van der Waals surface area (Å²) in [6.07, 6.45) is -0.901. The van der Waals surface area contributed by atoms with Crippen molar-refractivity contribution >= 4 is 52.3 Å². The average molecular weight is 440 g/mol. The molecule has 5 nitrogen and oxygen atoms in total. The van der Waals surface area contributed by atoms with Gasteiger partial charge in [0.2, 0.25) is 5.91 Å². The minimum absolute atomic E-state index is 0.250. The molecule has 0 aliphatic carbocycles. The van der Waals surface area contributed by atoms with Crippen LogP contribution in [0.15, 0.2) is 42.5 Å². The number of amides is 2. The van der Waals surface area contributed by atoms with Gasteiger partial charge < -0.3 is 0 Å². The lowest BCUT2D eigenvalue weighted by Gasteiger charge is -2.30. The van der Waals surface area contributed by atoms with Gasteiger partial charge in [-0.3, -0.25) is 19.3 Å². The molecule has 0 radical (unpaired) electrons. The Morgan fingerprint density at radius 2 is 1.57 bits per heavy atom. The van der Waals surface area contributed by atoms with Gasteiger partial charge in [0, 0.05) is 21.1 Å². The Labute approximate surface area is 177 Å². The van der Waals surface area contributed by atoms with Crippen LogP contribution in [0, 0.1) is 5.92 Å². The van der Waals surface area contributed by atoms with Crippen LogP contribution in [0.1, 0.15) is 25.5 Å². The van der Waals surface area contributed by atoms with Gasteiger partial charge in [0.15, 0.2) is 6.10 Å². The van der Waals surface area contributed by atoms with Gasteiger partial charge in [-0.15, -0.1) is 0 Å². The number of carbonyl (C=O) groups is 2. The number of hydrogen-bond donors (Lipinski definition) is 0. The molecule has 2 fully saturated rings. The number of imide groups is 1. The van der Waals surface area contributed by atoms with E-state index in [0.29, 0.717) is 26.3 Å². The Balaban J connectivity index is 1.83. The molecule has 8 heteroatoms. The SMILES string of the molecule is CC(C)N1C(=O)C2ON(c3ccc(Cl)cc3)C(c3ccc(Cl)cc3Cl)C2C1=O. The molecule has 0 saturated carbocycles. The summed E-state index contributed by atoms with van der Waals surface area (Å²) in [4.78, 5) is 33.3. The number of rotatable bonds is 3. The van der Waals surface area contributed by atoms with Crippen molar-refractivity contribution in [1.29, 1.82) is 0 Å². The number of anilines is 1. The van der Waals surface area contributed by atoms with E-state index in [0.717, 1.165) is 0 Å². The fourth-order valence-electron chi connectivity index (χ4n) is 3.81. The third-order valence-electron chi connectivity index (χ3n) is 5.03. The topological polar surface area (TPSA) is 49.9 Å². The van der Waals surface area contributed by atoms with E-state index in [-0.39, 0.29) is 17.9 Å². The summed E-state index contributed by atoms with van der Waals surface area (Å²) in [6.45, 7) is 3.61. The monoisotopic (exact) mass is 438 g/mol. The number of halogens is 3. The molecule has 0 spiro atoms. The lowest BCUT2D eigenvalue weighted by molar-refractivity contribution is -0.145. The van der Waals surface area contributed by atoms with Gasteiger partial charge in [0.05, 0.1) is 11.7 Å². The van der Waals surface area contributed by atoms with Crippen LogP contribution >= 0.6 is 34.8 Å². The largest absolute Gasteiger partial charge is 0.277 e. The van der Waals surface area contributed by atoms with Crippen molar-refractivity contribution in [3.63, 3.8) is 0 Å². The Morgan fingerprint density at radius 3 is 2.18 bits per heavy atom. The van der Waals surface area contributed by atoms with Crippen molar-refractivity contribution in [3.05, 3.63) is 63.1 Å². The third-order valence-corrected chi connectivity index (χ3v) is 5.84. The maximum Gasteiger partial charge on any atom is 0.262 e. The maximum atomic E-state index is 13.1. The first kappa shape index (κ1) is 19.5. The highest BCUT2D eigenvalue weighted by Crippen LogP contribution is 2.48. The molecule has 28 heavy (non-hydrogen) atoms. The standard InChI is InChI=1S/C20H17Cl3N2O3/c1-10(2)24-19(26)16-17(14-8-5-12(22)9-15(14)23)25(28-18(16)20(24)27)13-6-3-11(21)4-7-13/h3-10,16-18H,1-2H3. The zero-order chi connectivity index (χ0) is 20.2. The molecule has 3 atom stereocenters. The van der Waals surface area contributed by atoms with Crippen LogP contribution in [0.5, 0.6) is 0 Å². The van der Waals surface area contributed by atoms with Crippen LogP contribution < -0.4 is 5.06 Å². The number of fused-ring (bicyclic) bond motifs is 1. The lowest BCUT2D eigenvalue weighted by Crippen LogP contribution is -2.41. The molecule has 2 aromatic rings. The summed E-state index contributed by atoms with van der Waals surface area (Å²) in [5.74, 6) is -1.31. The first-order chi connectivity index (χ1) is 13.3. The van der Waals surface area contributed by atoms with Gasteiger partial charge in [-0.1, -0.05) is 40.9 Å². The van der Waals surface area contributed by atoms with Gasteiger partial charge in [0.25, 0.3) is 5.91 Å².